The number of ether oxygens (including phenoxy) is 1. The molecule has 1 fully saturated rings. The second-order valence-electron chi connectivity index (χ2n) is 6.72. The van der Waals surface area contributed by atoms with Gasteiger partial charge >= 0.3 is 0 Å². The van der Waals surface area contributed by atoms with Crippen LogP contribution in [-0.4, -0.2) is 66.6 Å². The summed E-state index contributed by atoms with van der Waals surface area (Å²) in [5, 5.41) is 1.49. The molecular formula is C20H26ClN3O2. The van der Waals surface area contributed by atoms with Gasteiger partial charge in [0.2, 0.25) is 0 Å². The first-order chi connectivity index (χ1) is 12.6. The molecule has 26 heavy (non-hydrogen) atoms. The molecule has 1 aliphatic rings. The molecular weight excluding hydrogens is 350 g/mol. The van der Waals surface area contributed by atoms with Gasteiger partial charge in [-0.2, -0.15) is 0 Å². The van der Waals surface area contributed by atoms with Crippen molar-refractivity contribution in [3.63, 3.8) is 0 Å². The van der Waals surface area contributed by atoms with E-state index in [0.717, 1.165) is 69.0 Å². The Morgan fingerprint density at radius 3 is 2.69 bits per heavy atom. The van der Waals surface area contributed by atoms with Crippen molar-refractivity contribution in [2.75, 3.05) is 45.9 Å². The zero-order valence-electron chi connectivity index (χ0n) is 15.5. The predicted molar refractivity (Wildman–Crippen MR) is 105 cm³/mol. The molecule has 0 N–H and O–H groups in total. The number of amides is 1. The summed E-state index contributed by atoms with van der Waals surface area (Å²) in [6, 6.07) is 7.39. The maximum absolute atomic E-state index is 13.1. The lowest BCUT2D eigenvalue weighted by molar-refractivity contribution is 0.0554. The van der Waals surface area contributed by atoms with Crippen LogP contribution in [-0.2, 0) is 4.74 Å². The van der Waals surface area contributed by atoms with Gasteiger partial charge in [-0.25, -0.2) is 0 Å². The lowest BCUT2D eigenvalue weighted by Gasteiger charge is -2.34. The number of halogens is 1. The Morgan fingerprint density at radius 1 is 1.19 bits per heavy atom. The third-order valence-corrected chi connectivity index (χ3v) is 4.93. The standard InChI is InChI=1S/C20H26ClN3O2/c1-3-11-26-12-10-23-6-8-24(9-7-23)20(25)18-13-15(2)22-19-14-16(21)4-5-17(18)19/h4-5,13-14H,3,6-12H2,1-2H3. The summed E-state index contributed by atoms with van der Waals surface area (Å²) < 4.78 is 5.56. The molecule has 0 atom stereocenters. The number of rotatable bonds is 6. The highest BCUT2D eigenvalue weighted by Crippen LogP contribution is 2.23. The minimum absolute atomic E-state index is 0.0738. The highest BCUT2D eigenvalue weighted by atomic mass is 35.5. The molecule has 0 unspecified atom stereocenters. The molecule has 5 nitrogen and oxygen atoms in total. The number of piperazine rings is 1. The van der Waals surface area contributed by atoms with Gasteiger partial charge in [-0.3, -0.25) is 14.7 Å². The third-order valence-electron chi connectivity index (χ3n) is 4.69. The van der Waals surface area contributed by atoms with Crippen molar-refractivity contribution in [2.24, 2.45) is 0 Å². The molecule has 0 spiro atoms. The van der Waals surface area contributed by atoms with Crippen LogP contribution in [0.3, 0.4) is 0 Å². The Hall–Kier alpha value is -1.69. The first kappa shape index (κ1) is 19.1. The molecule has 1 aromatic heterocycles. The predicted octanol–water partition coefficient (Wildman–Crippen LogP) is 3.38. The van der Waals surface area contributed by atoms with Crippen LogP contribution in [0.25, 0.3) is 10.9 Å². The highest BCUT2D eigenvalue weighted by molar-refractivity contribution is 6.31. The van der Waals surface area contributed by atoms with Gasteiger partial charge in [-0.15, -0.1) is 0 Å². The number of pyridine rings is 1. The summed E-state index contributed by atoms with van der Waals surface area (Å²) in [5.74, 6) is 0.0738. The van der Waals surface area contributed by atoms with Crippen molar-refractivity contribution in [2.45, 2.75) is 20.3 Å². The minimum Gasteiger partial charge on any atom is -0.380 e. The Balaban J connectivity index is 1.66. The maximum atomic E-state index is 13.1. The molecule has 0 bridgehead atoms. The molecule has 1 amide bonds. The lowest BCUT2D eigenvalue weighted by Crippen LogP contribution is -2.49. The molecule has 1 aromatic carbocycles. The third kappa shape index (κ3) is 4.53. The van der Waals surface area contributed by atoms with Crippen molar-refractivity contribution in [3.05, 3.63) is 40.5 Å². The number of fused-ring (bicyclic) bond motifs is 1. The molecule has 2 heterocycles. The van der Waals surface area contributed by atoms with Crippen LogP contribution in [0.2, 0.25) is 5.02 Å². The number of benzene rings is 1. The fourth-order valence-corrected chi connectivity index (χ4v) is 3.46. The van der Waals surface area contributed by atoms with Crippen LogP contribution >= 0.6 is 11.6 Å². The summed E-state index contributed by atoms with van der Waals surface area (Å²) in [7, 11) is 0. The van der Waals surface area contributed by atoms with Crippen molar-refractivity contribution in [3.8, 4) is 0 Å². The van der Waals surface area contributed by atoms with Crippen LogP contribution in [0.5, 0.6) is 0 Å². The van der Waals surface area contributed by atoms with Gasteiger partial charge in [-0.1, -0.05) is 24.6 Å². The maximum Gasteiger partial charge on any atom is 0.254 e. The van der Waals surface area contributed by atoms with E-state index in [4.69, 9.17) is 16.3 Å². The SMILES string of the molecule is CCCOCCN1CCN(C(=O)c2cc(C)nc3cc(Cl)ccc23)CC1. The minimum atomic E-state index is 0.0738. The van der Waals surface area contributed by atoms with E-state index in [0.29, 0.717) is 10.6 Å². The zero-order valence-corrected chi connectivity index (χ0v) is 16.3. The second-order valence-corrected chi connectivity index (χ2v) is 7.16. The van der Waals surface area contributed by atoms with Gasteiger partial charge in [0.15, 0.2) is 0 Å². The molecule has 0 saturated carbocycles. The molecule has 0 radical (unpaired) electrons. The van der Waals surface area contributed by atoms with E-state index in [1.807, 2.05) is 36.1 Å². The van der Waals surface area contributed by atoms with E-state index in [9.17, 15) is 4.79 Å². The Morgan fingerprint density at radius 2 is 1.96 bits per heavy atom. The first-order valence-electron chi connectivity index (χ1n) is 9.24. The smallest absolute Gasteiger partial charge is 0.254 e. The van der Waals surface area contributed by atoms with E-state index in [1.54, 1.807) is 0 Å². The summed E-state index contributed by atoms with van der Waals surface area (Å²) >= 11 is 6.08. The topological polar surface area (TPSA) is 45.7 Å². The van der Waals surface area contributed by atoms with Crippen LogP contribution in [0, 0.1) is 6.92 Å². The van der Waals surface area contributed by atoms with Crippen molar-refractivity contribution >= 4 is 28.4 Å². The first-order valence-corrected chi connectivity index (χ1v) is 9.62. The normalized spacial score (nSPS) is 15.6. The number of aryl methyl sites for hydroxylation is 1. The molecule has 0 aliphatic carbocycles. The number of carbonyl (C=O) groups is 1. The lowest BCUT2D eigenvalue weighted by atomic mass is 10.1. The Labute approximate surface area is 159 Å². The van der Waals surface area contributed by atoms with E-state index in [2.05, 4.69) is 16.8 Å². The van der Waals surface area contributed by atoms with Gasteiger partial charge in [0.1, 0.15) is 0 Å². The monoisotopic (exact) mass is 375 g/mol. The van der Waals surface area contributed by atoms with Crippen molar-refractivity contribution < 1.29 is 9.53 Å². The molecule has 3 rings (SSSR count). The number of nitrogens with zero attached hydrogens (tertiary/aromatic N) is 3. The number of carbonyl (C=O) groups excluding carboxylic acids is 1. The number of aromatic nitrogens is 1. The molecule has 2 aromatic rings. The Kier molecular flexibility index (Phi) is 6.46. The van der Waals surface area contributed by atoms with Gasteiger partial charge in [0.05, 0.1) is 17.7 Å². The molecule has 1 saturated heterocycles. The van der Waals surface area contributed by atoms with Crippen molar-refractivity contribution in [1.82, 2.24) is 14.8 Å². The average Bonchev–Trinajstić information content (AvgIpc) is 2.64. The second kappa shape index (κ2) is 8.80. The number of hydrogen-bond donors (Lipinski definition) is 0. The van der Waals surface area contributed by atoms with E-state index >= 15 is 0 Å². The quantitative estimate of drug-likeness (QED) is 0.726. The summed E-state index contributed by atoms with van der Waals surface area (Å²) in [6.07, 6.45) is 1.05. The van der Waals surface area contributed by atoms with Crippen LogP contribution in [0.15, 0.2) is 24.3 Å². The van der Waals surface area contributed by atoms with Crippen LogP contribution in [0.1, 0.15) is 29.4 Å². The average molecular weight is 376 g/mol. The summed E-state index contributed by atoms with van der Waals surface area (Å²) in [4.78, 5) is 21.9. The highest BCUT2D eigenvalue weighted by Gasteiger charge is 2.23. The summed E-state index contributed by atoms with van der Waals surface area (Å²) in [5.41, 5.74) is 2.31. The Bertz CT molecular complexity index is 768. The number of hydrogen-bond acceptors (Lipinski definition) is 4. The van der Waals surface area contributed by atoms with Gasteiger partial charge < -0.3 is 9.64 Å². The molecule has 140 valence electrons. The molecule has 1 aliphatic heterocycles. The molecule has 6 heteroatoms. The zero-order chi connectivity index (χ0) is 18.5. The van der Waals surface area contributed by atoms with E-state index < -0.39 is 0 Å². The largest absolute Gasteiger partial charge is 0.380 e. The van der Waals surface area contributed by atoms with Crippen LogP contribution in [0.4, 0.5) is 0 Å². The fourth-order valence-electron chi connectivity index (χ4n) is 3.30. The van der Waals surface area contributed by atoms with E-state index in [1.165, 1.54) is 0 Å². The van der Waals surface area contributed by atoms with Crippen molar-refractivity contribution in [1.29, 1.82) is 0 Å². The van der Waals surface area contributed by atoms with Gasteiger partial charge in [0, 0.05) is 55.4 Å². The summed E-state index contributed by atoms with van der Waals surface area (Å²) in [6.45, 7) is 9.77. The van der Waals surface area contributed by atoms with Gasteiger partial charge in [-0.05, 0) is 31.5 Å². The van der Waals surface area contributed by atoms with Gasteiger partial charge in [0.25, 0.3) is 5.91 Å². The fraction of sp³-hybridized carbons (Fsp3) is 0.500. The van der Waals surface area contributed by atoms with Crippen LogP contribution < -0.4 is 0 Å². The van der Waals surface area contributed by atoms with E-state index in [-0.39, 0.29) is 5.91 Å².